The highest BCUT2D eigenvalue weighted by Gasteiger charge is 2.09. The van der Waals surface area contributed by atoms with Crippen molar-refractivity contribution in [1.29, 1.82) is 0 Å². The highest BCUT2D eigenvalue weighted by Crippen LogP contribution is 2.31. The summed E-state index contributed by atoms with van der Waals surface area (Å²) < 4.78 is 0. The summed E-state index contributed by atoms with van der Waals surface area (Å²) >= 11 is 0. The Bertz CT molecular complexity index is 582. The Morgan fingerprint density at radius 3 is 2.62 bits per heavy atom. The van der Waals surface area contributed by atoms with Crippen molar-refractivity contribution in [2.24, 2.45) is 0 Å². The molecule has 0 saturated heterocycles. The van der Waals surface area contributed by atoms with Crippen molar-refractivity contribution in [2.75, 3.05) is 19.1 Å². The van der Waals surface area contributed by atoms with Crippen LogP contribution < -0.4 is 11.0 Å². The molecular formula is C13H13N2P. The molecule has 16 heavy (non-hydrogen) atoms. The van der Waals surface area contributed by atoms with Gasteiger partial charge in [-0.05, 0) is 37.6 Å². The zero-order valence-corrected chi connectivity index (χ0v) is 10.3. The summed E-state index contributed by atoms with van der Waals surface area (Å²) in [6.07, 6.45) is 5.34. The third-order valence-corrected chi connectivity index (χ3v) is 3.86. The summed E-state index contributed by atoms with van der Waals surface area (Å²) in [5.41, 5.74) is 8.45. The van der Waals surface area contributed by atoms with E-state index in [9.17, 15) is 0 Å². The summed E-state index contributed by atoms with van der Waals surface area (Å²) in [6.45, 7) is 4.38. The third kappa shape index (κ3) is 1.75. The summed E-state index contributed by atoms with van der Waals surface area (Å²) in [5, 5.41) is 2.33. The highest BCUT2D eigenvalue weighted by molar-refractivity contribution is 7.65. The fourth-order valence-electron chi connectivity index (χ4n) is 1.78. The van der Waals surface area contributed by atoms with Gasteiger partial charge < -0.3 is 5.73 Å². The number of fused-ring (bicyclic) bond motifs is 1. The lowest BCUT2D eigenvalue weighted by Gasteiger charge is -2.13. The molecule has 0 unspecified atom stereocenters. The molecule has 0 bridgehead atoms. The molecular weight excluding hydrogens is 215 g/mol. The molecule has 0 aliphatic rings. The third-order valence-electron chi connectivity index (χ3n) is 2.47. The molecule has 1 heterocycles. The maximum atomic E-state index is 6.01. The monoisotopic (exact) mass is 228 g/mol. The van der Waals surface area contributed by atoms with Crippen LogP contribution in [-0.2, 0) is 0 Å². The number of terminal acetylenes is 1. The minimum atomic E-state index is -0.247. The van der Waals surface area contributed by atoms with Gasteiger partial charge in [0, 0.05) is 16.4 Å². The second-order valence-electron chi connectivity index (χ2n) is 3.81. The van der Waals surface area contributed by atoms with Crippen LogP contribution in [0, 0.1) is 12.3 Å². The number of benzene rings is 1. The van der Waals surface area contributed by atoms with E-state index in [4.69, 9.17) is 12.2 Å². The fraction of sp³-hybridized carbons (Fsp3) is 0.154. The van der Waals surface area contributed by atoms with E-state index in [1.807, 2.05) is 24.3 Å². The Hall–Kier alpha value is -1.58. The van der Waals surface area contributed by atoms with Gasteiger partial charge >= 0.3 is 0 Å². The van der Waals surface area contributed by atoms with Crippen LogP contribution in [0.1, 0.15) is 5.69 Å². The zero-order chi connectivity index (χ0) is 11.7. The van der Waals surface area contributed by atoms with E-state index >= 15 is 0 Å². The Labute approximate surface area is 96.6 Å². The highest BCUT2D eigenvalue weighted by atomic mass is 31.1. The molecule has 0 aliphatic carbocycles. The molecule has 0 fully saturated rings. The van der Waals surface area contributed by atoms with Gasteiger partial charge in [0.25, 0.3) is 0 Å². The molecule has 80 valence electrons. The van der Waals surface area contributed by atoms with Crippen molar-refractivity contribution in [1.82, 2.24) is 4.98 Å². The van der Waals surface area contributed by atoms with Crippen molar-refractivity contribution in [3.05, 3.63) is 30.0 Å². The van der Waals surface area contributed by atoms with Crippen LogP contribution >= 0.6 is 7.92 Å². The van der Waals surface area contributed by atoms with Gasteiger partial charge in [-0.2, -0.15) is 0 Å². The molecule has 0 saturated carbocycles. The molecule has 3 heteroatoms. The Morgan fingerprint density at radius 1 is 1.25 bits per heavy atom. The van der Waals surface area contributed by atoms with E-state index in [2.05, 4.69) is 24.2 Å². The average molecular weight is 228 g/mol. The molecule has 2 rings (SSSR count). The van der Waals surface area contributed by atoms with Crippen molar-refractivity contribution in [3.8, 4) is 12.3 Å². The van der Waals surface area contributed by atoms with Crippen molar-refractivity contribution < 1.29 is 0 Å². The molecule has 0 aliphatic heterocycles. The maximum Gasteiger partial charge on any atom is 0.113 e. The van der Waals surface area contributed by atoms with E-state index in [0.29, 0.717) is 5.69 Å². The number of rotatable bonds is 1. The van der Waals surface area contributed by atoms with Crippen LogP contribution in [0.3, 0.4) is 0 Å². The number of nitrogens with two attached hydrogens (primary N) is 1. The topological polar surface area (TPSA) is 38.9 Å². The van der Waals surface area contributed by atoms with Crippen LogP contribution in [0.4, 0.5) is 5.69 Å². The predicted molar refractivity (Wildman–Crippen MR) is 72.5 cm³/mol. The van der Waals surface area contributed by atoms with E-state index in [0.717, 1.165) is 16.6 Å². The maximum absolute atomic E-state index is 6.01. The molecule has 0 amide bonds. The van der Waals surface area contributed by atoms with Gasteiger partial charge in [0.15, 0.2) is 0 Å². The van der Waals surface area contributed by atoms with Crippen LogP contribution in [0.15, 0.2) is 24.3 Å². The van der Waals surface area contributed by atoms with E-state index in [1.54, 1.807) is 0 Å². The number of hydrogen-bond donors (Lipinski definition) is 1. The minimum Gasteiger partial charge on any atom is -0.398 e. The molecule has 2 aromatic rings. The smallest absolute Gasteiger partial charge is 0.113 e. The number of nitrogen functional groups attached to an aromatic ring is 1. The van der Waals surface area contributed by atoms with Crippen molar-refractivity contribution in [3.63, 3.8) is 0 Å². The molecule has 0 radical (unpaired) electrons. The lowest BCUT2D eigenvalue weighted by atomic mass is 10.2. The normalized spacial score (nSPS) is 10.6. The quantitative estimate of drug-likeness (QED) is 0.461. The molecule has 1 aromatic carbocycles. The number of aromatic nitrogens is 1. The minimum absolute atomic E-state index is 0.247. The number of hydrogen-bond acceptors (Lipinski definition) is 2. The average Bonchev–Trinajstić information content (AvgIpc) is 2.27. The van der Waals surface area contributed by atoms with Gasteiger partial charge in [-0.1, -0.05) is 13.8 Å². The first-order valence-corrected chi connectivity index (χ1v) is 7.20. The first-order chi connectivity index (χ1) is 7.63. The van der Waals surface area contributed by atoms with E-state index < -0.39 is 0 Å². The Balaban J connectivity index is 2.80. The summed E-state index contributed by atoms with van der Waals surface area (Å²) in [4.78, 5) is 4.40. The fourth-order valence-corrected chi connectivity index (χ4v) is 3.05. The second-order valence-corrected chi connectivity index (χ2v) is 6.04. The second kappa shape index (κ2) is 4.12. The van der Waals surface area contributed by atoms with Crippen LogP contribution in [0.5, 0.6) is 0 Å². The lowest BCUT2D eigenvalue weighted by molar-refractivity contribution is 1.37. The SMILES string of the molecule is C#Cc1ccc2c(P(C)C)c(N)ccc2n1. The first kappa shape index (κ1) is 10.9. The standard InChI is InChI=1S/C13H13N2P/c1-4-9-5-6-10-12(15-9)8-7-11(14)13(10)16(2)3/h1,5-8H,14H2,2-3H3. The van der Waals surface area contributed by atoms with Gasteiger partial charge in [-0.15, -0.1) is 6.42 Å². The summed E-state index contributed by atoms with van der Waals surface area (Å²) in [7, 11) is -0.247. The largest absolute Gasteiger partial charge is 0.398 e. The van der Waals surface area contributed by atoms with Crippen molar-refractivity contribution in [2.45, 2.75) is 0 Å². The number of anilines is 1. The van der Waals surface area contributed by atoms with Crippen LogP contribution in [0.2, 0.25) is 0 Å². The van der Waals surface area contributed by atoms with Gasteiger partial charge in [0.1, 0.15) is 5.69 Å². The van der Waals surface area contributed by atoms with Gasteiger partial charge in [-0.25, -0.2) is 4.98 Å². The Kier molecular flexibility index (Phi) is 2.81. The van der Waals surface area contributed by atoms with Crippen LogP contribution in [-0.4, -0.2) is 18.3 Å². The molecule has 1 aromatic heterocycles. The molecule has 2 nitrogen and oxygen atoms in total. The van der Waals surface area contributed by atoms with Gasteiger partial charge in [-0.3, -0.25) is 0 Å². The molecule has 0 spiro atoms. The summed E-state index contributed by atoms with van der Waals surface area (Å²) in [6, 6.07) is 7.72. The van der Waals surface area contributed by atoms with Crippen LogP contribution in [0.25, 0.3) is 10.9 Å². The lowest BCUT2D eigenvalue weighted by Crippen LogP contribution is -2.09. The van der Waals surface area contributed by atoms with Gasteiger partial charge in [0.05, 0.1) is 5.52 Å². The number of pyridine rings is 1. The summed E-state index contributed by atoms with van der Waals surface area (Å²) in [5.74, 6) is 2.55. The zero-order valence-electron chi connectivity index (χ0n) is 9.36. The predicted octanol–water partition coefficient (Wildman–Crippen LogP) is 2.17. The van der Waals surface area contributed by atoms with E-state index in [1.165, 1.54) is 5.30 Å². The van der Waals surface area contributed by atoms with Crippen molar-refractivity contribution >= 4 is 29.8 Å². The number of nitrogens with zero attached hydrogens (tertiary/aromatic N) is 1. The Morgan fingerprint density at radius 2 is 2.00 bits per heavy atom. The van der Waals surface area contributed by atoms with E-state index in [-0.39, 0.29) is 7.92 Å². The molecule has 0 atom stereocenters. The van der Waals surface area contributed by atoms with Gasteiger partial charge in [0.2, 0.25) is 0 Å². The first-order valence-electron chi connectivity index (χ1n) is 4.96. The molecule has 2 N–H and O–H groups in total.